The predicted octanol–water partition coefficient (Wildman–Crippen LogP) is 4.24. The molecule has 0 radical (unpaired) electrons. The minimum absolute atomic E-state index is 0.493. The lowest BCUT2D eigenvalue weighted by atomic mass is 10.2. The molecule has 1 aromatic carbocycles. The summed E-state index contributed by atoms with van der Waals surface area (Å²) in [5, 5.41) is 3.93. The molecule has 0 aliphatic carbocycles. The summed E-state index contributed by atoms with van der Waals surface area (Å²) in [6.07, 6.45) is 1.99. The van der Waals surface area contributed by atoms with Crippen LogP contribution in [-0.2, 0) is 6.54 Å². The van der Waals surface area contributed by atoms with Crippen LogP contribution >= 0.6 is 23.4 Å². The molecule has 0 saturated heterocycles. The highest BCUT2D eigenvalue weighted by atomic mass is 35.5. The van der Waals surface area contributed by atoms with Crippen molar-refractivity contribution in [3.8, 4) is 0 Å². The quantitative estimate of drug-likeness (QED) is 0.481. The third-order valence-corrected chi connectivity index (χ3v) is 5.42. The van der Waals surface area contributed by atoms with Crippen LogP contribution in [0.2, 0.25) is 5.15 Å². The van der Waals surface area contributed by atoms with Gasteiger partial charge in [0.15, 0.2) is 0 Å². The zero-order valence-corrected chi connectivity index (χ0v) is 17.6. The van der Waals surface area contributed by atoms with Crippen LogP contribution in [0.25, 0.3) is 0 Å². The van der Waals surface area contributed by atoms with Crippen molar-refractivity contribution < 1.29 is 0 Å². The van der Waals surface area contributed by atoms with E-state index in [1.54, 1.807) is 11.8 Å². The van der Waals surface area contributed by atoms with Crippen LogP contribution < -0.4 is 10.2 Å². The molecule has 0 aliphatic rings. The van der Waals surface area contributed by atoms with E-state index in [0.717, 1.165) is 43.4 Å². The van der Waals surface area contributed by atoms with Gasteiger partial charge in [0.2, 0.25) is 5.95 Å². The summed E-state index contributed by atoms with van der Waals surface area (Å²) in [5.41, 5.74) is 1.21. The molecule has 1 N–H and O–H groups in total. The number of halogens is 1. The summed E-state index contributed by atoms with van der Waals surface area (Å²) in [6, 6.07) is 10.3. The van der Waals surface area contributed by atoms with E-state index < -0.39 is 0 Å². The molecular formula is C19H28ClN5S. The summed E-state index contributed by atoms with van der Waals surface area (Å²) < 4.78 is 0. The van der Waals surface area contributed by atoms with E-state index in [0.29, 0.717) is 11.1 Å². The molecule has 0 saturated carbocycles. The van der Waals surface area contributed by atoms with Gasteiger partial charge in [0.05, 0.1) is 4.90 Å². The number of rotatable bonds is 10. The summed E-state index contributed by atoms with van der Waals surface area (Å²) in [7, 11) is 1.98. The largest absolute Gasteiger partial charge is 0.368 e. The molecule has 0 fully saturated rings. The number of nitrogens with zero attached hydrogens (tertiary/aromatic N) is 4. The van der Waals surface area contributed by atoms with Gasteiger partial charge in [0, 0.05) is 26.7 Å². The number of aromatic nitrogens is 2. The van der Waals surface area contributed by atoms with E-state index in [-0.39, 0.29) is 0 Å². The van der Waals surface area contributed by atoms with E-state index >= 15 is 0 Å². The van der Waals surface area contributed by atoms with E-state index in [9.17, 15) is 0 Å². The summed E-state index contributed by atoms with van der Waals surface area (Å²) >= 11 is 7.99. The number of benzene rings is 1. The predicted molar refractivity (Wildman–Crippen MR) is 114 cm³/mol. The van der Waals surface area contributed by atoms with Gasteiger partial charge in [0.1, 0.15) is 11.0 Å². The van der Waals surface area contributed by atoms with Crippen LogP contribution in [0.5, 0.6) is 0 Å². The Hall–Kier alpha value is -1.50. The fraction of sp³-hybridized carbons (Fsp3) is 0.474. The molecule has 0 unspecified atom stereocenters. The Kier molecular flexibility index (Phi) is 8.48. The van der Waals surface area contributed by atoms with Crippen LogP contribution in [0.3, 0.4) is 0 Å². The molecule has 1 aromatic heterocycles. The number of anilines is 2. The second kappa shape index (κ2) is 10.6. The van der Waals surface area contributed by atoms with Gasteiger partial charge < -0.3 is 15.1 Å². The number of hydrogen-bond donors (Lipinski definition) is 1. The molecule has 0 aliphatic heterocycles. The highest BCUT2D eigenvalue weighted by Gasteiger charge is 2.15. The van der Waals surface area contributed by atoms with E-state index in [4.69, 9.17) is 16.6 Å². The first-order chi connectivity index (χ1) is 12.6. The Labute approximate surface area is 166 Å². The van der Waals surface area contributed by atoms with Crippen molar-refractivity contribution in [3.63, 3.8) is 0 Å². The van der Waals surface area contributed by atoms with Gasteiger partial charge in [-0.1, -0.05) is 55.8 Å². The monoisotopic (exact) mass is 393 g/mol. The highest BCUT2D eigenvalue weighted by molar-refractivity contribution is 7.98. The summed E-state index contributed by atoms with van der Waals surface area (Å²) in [5.74, 6) is 1.43. The lowest BCUT2D eigenvalue weighted by Gasteiger charge is -2.21. The number of likely N-dealkylation sites (N-methyl/N-ethyl adjacent to an activating group) is 1. The molecule has 2 rings (SSSR count). The van der Waals surface area contributed by atoms with Crippen LogP contribution in [-0.4, -0.2) is 54.4 Å². The molecule has 142 valence electrons. The van der Waals surface area contributed by atoms with E-state index in [2.05, 4.69) is 41.2 Å². The smallest absolute Gasteiger partial charge is 0.228 e. The van der Waals surface area contributed by atoms with Gasteiger partial charge in [-0.25, -0.2) is 0 Å². The summed E-state index contributed by atoms with van der Waals surface area (Å²) in [4.78, 5) is 14.5. The van der Waals surface area contributed by atoms with Crippen LogP contribution in [0, 0.1) is 0 Å². The first kappa shape index (κ1) is 20.8. The van der Waals surface area contributed by atoms with E-state index in [1.165, 1.54) is 5.56 Å². The molecular weight excluding hydrogens is 366 g/mol. The van der Waals surface area contributed by atoms with Gasteiger partial charge >= 0.3 is 0 Å². The van der Waals surface area contributed by atoms with Gasteiger partial charge in [-0.3, -0.25) is 0 Å². The Balaban J connectivity index is 2.14. The lowest BCUT2D eigenvalue weighted by molar-refractivity contribution is 0.316. The maximum absolute atomic E-state index is 6.43. The van der Waals surface area contributed by atoms with Crippen molar-refractivity contribution in [3.05, 3.63) is 41.0 Å². The van der Waals surface area contributed by atoms with Crippen molar-refractivity contribution in [1.29, 1.82) is 0 Å². The first-order valence-corrected chi connectivity index (χ1v) is 10.5. The normalized spacial score (nSPS) is 11.0. The maximum atomic E-state index is 6.43. The topological polar surface area (TPSA) is 44.3 Å². The number of nitrogens with one attached hydrogen (secondary N) is 1. The van der Waals surface area contributed by atoms with Crippen LogP contribution in [0.1, 0.15) is 19.4 Å². The van der Waals surface area contributed by atoms with Gasteiger partial charge in [-0.15, -0.1) is 11.8 Å². The van der Waals surface area contributed by atoms with Crippen LogP contribution in [0.4, 0.5) is 11.8 Å². The van der Waals surface area contributed by atoms with E-state index in [1.807, 2.05) is 36.4 Å². The van der Waals surface area contributed by atoms with Crippen molar-refractivity contribution in [1.82, 2.24) is 14.9 Å². The Morgan fingerprint density at radius 3 is 2.42 bits per heavy atom. The second-order valence-electron chi connectivity index (χ2n) is 5.99. The average molecular weight is 394 g/mol. The lowest BCUT2D eigenvalue weighted by Crippen LogP contribution is -2.29. The highest BCUT2D eigenvalue weighted by Crippen LogP contribution is 2.32. The molecule has 7 heteroatoms. The van der Waals surface area contributed by atoms with Crippen molar-refractivity contribution in [2.75, 3.05) is 49.7 Å². The van der Waals surface area contributed by atoms with Crippen molar-refractivity contribution in [2.45, 2.75) is 25.3 Å². The summed E-state index contributed by atoms with van der Waals surface area (Å²) in [6.45, 7) is 8.97. The fourth-order valence-corrected chi connectivity index (χ4v) is 3.61. The molecule has 5 nitrogen and oxygen atoms in total. The molecule has 0 bridgehead atoms. The zero-order chi connectivity index (χ0) is 18.9. The molecule has 2 aromatic rings. The SMILES string of the molecule is CCN(CC)CCNc1nc(N(C)Cc2ccccc2)nc(Cl)c1SC. The molecule has 0 amide bonds. The molecule has 0 spiro atoms. The maximum Gasteiger partial charge on any atom is 0.228 e. The average Bonchev–Trinajstić information content (AvgIpc) is 2.65. The standard InChI is InChI=1S/C19H28ClN5S/c1-5-25(6-2)13-12-21-18-16(26-4)17(20)22-19(23-18)24(3)14-15-10-8-7-9-11-15/h7-11H,5-6,12-14H2,1-4H3,(H,21,22,23). The number of hydrogen-bond acceptors (Lipinski definition) is 6. The van der Waals surface area contributed by atoms with Crippen molar-refractivity contribution >= 4 is 35.1 Å². The third kappa shape index (κ3) is 5.76. The van der Waals surface area contributed by atoms with Crippen LogP contribution in [0.15, 0.2) is 35.2 Å². The second-order valence-corrected chi connectivity index (χ2v) is 7.17. The van der Waals surface area contributed by atoms with Gasteiger partial charge in [-0.05, 0) is 24.9 Å². The van der Waals surface area contributed by atoms with Gasteiger partial charge in [-0.2, -0.15) is 9.97 Å². The zero-order valence-electron chi connectivity index (χ0n) is 16.0. The Bertz CT molecular complexity index is 679. The first-order valence-electron chi connectivity index (χ1n) is 8.91. The molecule has 26 heavy (non-hydrogen) atoms. The molecule has 1 heterocycles. The minimum Gasteiger partial charge on any atom is -0.368 e. The third-order valence-electron chi connectivity index (χ3n) is 4.24. The van der Waals surface area contributed by atoms with Gasteiger partial charge in [0.25, 0.3) is 0 Å². The Morgan fingerprint density at radius 2 is 1.81 bits per heavy atom. The van der Waals surface area contributed by atoms with Crippen molar-refractivity contribution in [2.24, 2.45) is 0 Å². The fourth-order valence-electron chi connectivity index (χ4n) is 2.68. The molecule has 0 atom stereocenters. The minimum atomic E-state index is 0.493. The number of thioether (sulfide) groups is 1. The Morgan fingerprint density at radius 1 is 1.12 bits per heavy atom.